The van der Waals surface area contributed by atoms with Crippen LogP contribution in [0.4, 0.5) is 18.9 Å². The molecule has 0 spiro atoms. The molecule has 0 bridgehead atoms. The van der Waals surface area contributed by atoms with Gasteiger partial charge in [0.25, 0.3) is 0 Å². The Bertz CT molecular complexity index is 1180. The van der Waals surface area contributed by atoms with Crippen LogP contribution in [-0.4, -0.2) is 50.0 Å². The number of rotatable bonds is 8. The summed E-state index contributed by atoms with van der Waals surface area (Å²) in [5.41, 5.74) is 6.67. The Kier molecular flexibility index (Phi) is 8.55. The lowest BCUT2D eigenvalue weighted by atomic mass is 9.86. The first kappa shape index (κ1) is 26.7. The number of anilines is 1. The van der Waals surface area contributed by atoms with Crippen molar-refractivity contribution in [3.05, 3.63) is 59.4 Å². The number of carbonyl (C=O) groups is 2. The summed E-state index contributed by atoms with van der Waals surface area (Å²) >= 11 is 0. The Morgan fingerprint density at radius 3 is 2.26 bits per heavy atom. The molecular weight excluding hydrogens is 483 g/mol. The zero-order valence-electron chi connectivity index (χ0n) is 19.3. The van der Waals surface area contributed by atoms with Crippen molar-refractivity contribution in [1.82, 2.24) is 4.90 Å². The predicted molar refractivity (Wildman–Crippen MR) is 125 cm³/mol. The van der Waals surface area contributed by atoms with E-state index in [4.69, 9.17) is 5.73 Å². The maximum Gasteiger partial charge on any atom is 0.223 e. The molecule has 1 atom stereocenters. The number of nitrogens with two attached hydrogens (primary N) is 1. The maximum atomic E-state index is 13.9. The van der Waals surface area contributed by atoms with Crippen molar-refractivity contribution in [2.24, 2.45) is 11.7 Å². The lowest BCUT2D eigenvalue weighted by molar-refractivity contribution is -0.132. The first-order valence-corrected chi connectivity index (χ1v) is 12.9. The number of likely N-dealkylation sites (tertiary alicyclic amines) is 1. The van der Waals surface area contributed by atoms with Crippen molar-refractivity contribution in [3.63, 3.8) is 0 Å². The van der Waals surface area contributed by atoms with Gasteiger partial charge in [-0.2, -0.15) is 0 Å². The van der Waals surface area contributed by atoms with Gasteiger partial charge in [0.2, 0.25) is 11.8 Å². The third kappa shape index (κ3) is 7.04. The number of amides is 2. The van der Waals surface area contributed by atoms with Gasteiger partial charge in [0.1, 0.15) is 5.82 Å². The molecule has 190 valence electrons. The molecule has 1 aliphatic heterocycles. The van der Waals surface area contributed by atoms with Crippen molar-refractivity contribution in [1.29, 1.82) is 0 Å². The van der Waals surface area contributed by atoms with E-state index >= 15 is 0 Å². The second-order valence-electron chi connectivity index (χ2n) is 8.72. The fraction of sp³-hybridized carbons (Fsp3) is 0.417. The van der Waals surface area contributed by atoms with E-state index < -0.39 is 33.3 Å². The van der Waals surface area contributed by atoms with E-state index in [9.17, 15) is 31.2 Å². The second kappa shape index (κ2) is 11.2. The molecule has 3 rings (SSSR count). The first-order chi connectivity index (χ1) is 16.5. The number of nitrogens with zero attached hydrogens (tertiary/aromatic N) is 1. The Morgan fingerprint density at radius 1 is 1.06 bits per heavy atom. The summed E-state index contributed by atoms with van der Waals surface area (Å²) in [7, 11) is -3.68. The molecule has 0 unspecified atom stereocenters. The standard InChI is InChI=1S/C24H28F3N3O4S/c1-15(31)29-18-2-4-19(5-3-18)35(33,34)11-8-24(32)30-9-6-16(7-10-30)23(28)13-17-12-21(26)22(27)14-20(17)25/h2-5,12,14,16,23H,6-11,13,28H2,1H3,(H,29,31)/t23-/m1/s1. The van der Waals surface area contributed by atoms with E-state index in [0.717, 1.165) is 6.07 Å². The highest BCUT2D eigenvalue weighted by Gasteiger charge is 2.28. The number of nitrogens with one attached hydrogen (secondary N) is 1. The third-order valence-electron chi connectivity index (χ3n) is 6.16. The van der Waals surface area contributed by atoms with Gasteiger partial charge in [0.05, 0.1) is 10.6 Å². The molecule has 0 aromatic heterocycles. The second-order valence-corrected chi connectivity index (χ2v) is 10.8. The van der Waals surface area contributed by atoms with Crippen LogP contribution in [0.15, 0.2) is 41.3 Å². The fourth-order valence-electron chi connectivity index (χ4n) is 4.16. The van der Waals surface area contributed by atoms with Crippen molar-refractivity contribution in [3.8, 4) is 0 Å². The summed E-state index contributed by atoms with van der Waals surface area (Å²) in [5, 5.41) is 2.56. The molecule has 0 radical (unpaired) electrons. The molecule has 11 heteroatoms. The molecule has 1 aliphatic rings. The lowest BCUT2D eigenvalue weighted by Crippen LogP contribution is -2.44. The number of carbonyl (C=O) groups excluding carboxylic acids is 2. The average Bonchev–Trinajstić information content (AvgIpc) is 2.81. The van der Waals surface area contributed by atoms with Crippen molar-refractivity contribution in [2.45, 2.75) is 43.5 Å². The summed E-state index contributed by atoms with van der Waals surface area (Å²) in [6.07, 6.45) is 0.943. The largest absolute Gasteiger partial charge is 0.343 e. The van der Waals surface area contributed by atoms with E-state index in [1.165, 1.54) is 31.2 Å². The zero-order chi connectivity index (χ0) is 25.8. The van der Waals surface area contributed by atoms with Crippen LogP contribution >= 0.6 is 0 Å². The van der Waals surface area contributed by atoms with Crippen LogP contribution in [0, 0.1) is 23.4 Å². The summed E-state index contributed by atoms with van der Waals surface area (Å²) in [6.45, 7) is 2.10. The van der Waals surface area contributed by atoms with Crippen molar-refractivity contribution < 1.29 is 31.2 Å². The Labute approximate surface area is 202 Å². The minimum Gasteiger partial charge on any atom is -0.343 e. The molecule has 35 heavy (non-hydrogen) atoms. The number of piperidine rings is 1. The van der Waals surface area contributed by atoms with E-state index in [-0.39, 0.29) is 46.8 Å². The lowest BCUT2D eigenvalue weighted by Gasteiger charge is -2.35. The summed E-state index contributed by atoms with van der Waals surface area (Å²) in [5.74, 6) is -4.19. The van der Waals surface area contributed by atoms with Crippen molar-refractivity contribution in [2.75, 3.05) is 24.2 Å². The first-order valence-electron chi connectivity index (χ1n) is 11.2. The van der Waals surface area contributed by atoms with Crippen LogP contribution in [0.5, 0.6) is 0 Å². The van der Waals surface area contributed by atoms with Crippen LogP contribution in [0.1, 0.15) is 31.7 Å². The molecule has 2 aromatic rings. The number of halogens is 3. The van der Waals surface area contributed by atoms with E-state index in [1.807, 2.05) is 0 Å². The van der Waals surface area contributed by atoms with Gasteiger partial charge in [-0.15, -0.1) is 0 Å². The Balaban J connectivity index is 1.49. The van der Waals surface area contributed by atoms with E-state index in [2.05, 4.69) is 5.32 Å². The monoisotopic (exact) mass is 511 g/mol. The number of hydrogen-bond donors (Lipinski definition) is 2. The number of sulfone groups is 1. The molecule has 1 saturated heterocycles. The van der Waals surface area contributed by atoms with E-state index in [0.29, 0.717) is 37.7 Å². The fourth-order valence-corrected chi connectivity index (χ4v) is 5.39. The van der Waals surface area contributed by atoms with E-state index in [1.54, 1.807) is 4.90 Å². The number of benzene rings is 2. The van der Waals surface area contributed by atoms with Crippen LogP contribution in [-0.2, 0) is 25.8 Å². The molecule has 1 fully saturated rings. The van der Waals surface area contributed by atoms with Crippen LogP contribution in [0.25, 0.3) is 0 Å². The summed E-state index contributed by atoms with van der Waals surface area (Å²) in [6, 6.07) is 6.56. The van der Waals surface area contributed by atoms with Gasteiger partial charge in [0.15, 0.2) is 21.5 Å². The van der Waals surface area contributed by atoms with Gasteiger partial charge in [-0.3, -0.25) is 9.59 Å². The topological polar surface area (TPSA) is 110 Å². The molecular formula is C24H28F3N3O4S. The van der Waals surface area contributed by atoms with Gasteiger partial charge in [-0.25, -0.2) is 21.6 Å². The highest BCUT2D eigenvalue weighted by atomic mass is 32.2. The minimum atomic E-state index is -3.68. The molecule has 1 heterocycles. The van der Waals surface area contributed by atoms with Crippen LogP contribution in [0.2, 0.25) is 0 Å². The van der Waals surface area contributed by atoms with Crippen LogP contribution in [0.3, 0.4) is 0 Å². The normalized spacial score (nSPS) is 15.6. The SMILES string of the molecule is CC(=O)Nc1ccc(S(=O)(=O)CCC(=O)N2CCC([C@H](N)Cc3cc(F)c(F)cc3F)CC2)cc1. The van der Waals surface area contributed by atoms with Crippen molar-refractivity contribution >= 4 is 27.3 Å². The predicted octanol–water partition coefficient (Wildman–Crippen LogP) is 3.03. The smallest absolute Gasteiger partial charge is 0.223 e. The van der Waals surface area contributed by atoms with Gasteiger partial charge in [-0.1, -0.05) is 0 Å². The van der Waals surface area contributed by atoms with Crippen LogP contribution < -0.4 is 11.1 Å². The van der Waals surface area contributed by atoms with Gasteiger partial charge < -0.3 is 16.0 Å². The van der Waals surface area contributed by atoms with Gasteiger partial charge in [0, 0.05) is 44.2 Å². The third-order valence-corrected chi connectivity index (χ3v) is 7.89. The molecule has 7 nitrogen and oxygen atoms in total. The summed E-state index contributed by atoms with van der Waals surface area (Å²) < 4.78 is 65.6. The molecule has 3 N–H and O–H groups in total. The zero-order valence-corrected chi connectivity index (χ0v) is 20.1. The van der Waals surface area contributed by atoms with Gasteiger partial charge in [-0.05, 0) is 61.1 Å². The highest BCUT2D eigenvalue weighted by Crippen LogP contribution is 2.24. The average molecular weight is 512 g/mol. The molecule has 0 aliphatic carbocycles. The molecule has 2 amide bonds. The molecule has 0 saturated carbocycles. The minimum absolute atomic E-state index is 0.00483. The number of hydrogen-bond acceptors (Lipinski definition) is 5. The Morgan fingerprint density at radius 2 is 1.66 bits per heavy atom. The van der Waals surface area contributed by atoms with Gasteiger partial charge >= 0.3 is 0 Å². The summed E-state index contributed by atoms with van der Waals surface area (Å²) in [4.78, 5) is 25.3. The quantitative estimate of drug-likeness (QED) is 0.530. The maximum absolute atomic E-state index is 13.9. The Hall–Kier alpha value is -2.92. The highest BCUT2D eigenvalue weighted by molar-refractivity contribution is 7.91. The molecule has 2 aromatic carbocycles.